The van der Waals surface area contributed by atoms with Gasteiger partial charge in [-0.2, -0.15) is 0 Å². The Morgan fingerprint density at radius 2 is 2.40 bits per heavy atom. The minimum absolute atomic E-state index is 0.00251. The Morgan fingerprint density at radius 1 is 1.55 bits per heavy atom. The maximum absolute atomic E-state index is 12.1. The molecule has 20 heavy (non-hydrogen) atoms. The zero-order valence-corrected chi connectivity index (χ0v) is 11.8. The van der Waals surface area contributed by atoms with Crippen molar-refractivity contribution in [1.29, 1.82) is 0 Å². The molecule has 0 atom stereocenters. The summed E-state index contributed by atoms with van der Waals surface area (Å²) in [5.74, 6) is 0.527. The quantitative estimate of drug-likeness (QED) is 0.894. The van der Waals surface area contributed by atoms with E-state index in [4.69, 9.17) is 4.74 Å². The van der Waals surface area contributed by atoms with Crippen molar-refractivity contribution in [2.75, 3.05) is 13.2 Å². The number of rotatable bonds is 3. The standard InChI is InChI=1S/C14H14N2O3S/c1-2-19-11-7-9(3-4-10(11)17)8-12-13(18)16-6-5-15-14(16)20-12/h3-4,7-8,17H,2,5-6H2,1H3. The van der Waals surface area contributed by atoms with Gasteiger partial charge in [-0.25, -0.2) is 0 Å². The summed E-state index contributed by atoms with van der Waals surface area (Å²) in [6, 6.07) is 5.05. The predicted molar refractivity (Wildman–Crippen MR) is 77.1 cm³/mol. The number of thiazole rings is 1. The topological polar surface area (TPSA) is 63.8 Å². The molecule has 104 valence electrons. The molecule has 1 aliphatic rings. The van der Waals surface area contributed by atoms with Crippen LogP contribution >= 0.6 is 11.3 Å². The Balaban J connectivity index is 2.09. The Bertz CT molecular complexity index is 820. The molecule has 2 heterocycles. The van der Waals surface area contributed by atoms with E-state index in [1.165, 1.54) is 11.3 Å². The summed E-state index contributed by atoms with van der Waals surface area (Å²) in [5.41, 5.74) is 0.821. The molecule has 2 aromatic rings. The van der Waals surface area contributed by atoms with Crippen LogP contribution in [0.25, 0.3) is 6.08 Å². The van der Waals surface area contributed by atoms with Crippen LogP contribution in [0, 0.1) is 0 Å². The largest absolute Gasteiger partial charge is 0.504 e. The van der Waals surface area contributed by atoms with Crippen LogP contribution < -0.4 is 19.6 Å². The number of phenolic OH excluding ortho intramolecular Hbond substituents is 1. The molecule has 1 aromatic heterocycles. The summed E-state index contributed by atoms with van der Waals surface area (Å²) in [6.07, 6.45) is 1.80. The molecule has 0 aliphatic carbocycles. The first kappa shape index (κ1) is 12.9. The first-order valence-corrected chi connectivity index (χ1v) is 7.22. The van der Waals surface area contributed by atoms with Crippen LogP contribution in [0.3, 0.4) is 0 Å². The first-order valence-electron chi connectivity index (χ1n) is 6.40. The fourth-order valence-corrected chi connectivity index (χ4v) is 3.14. The minimum Gasteiger partial charge on any atom is -0.504 e. The third-order valence-corrected chi connectivity index (χ3v) is 4.08. The summed E-state index contributed by atoms with van der Waals surface area (Å²) >= 11 is 1.39. The average molecular weight is 290 g/mol. The molecule has 0 spiro atoms. The van der Waals surface area contributed by atoms with Gasteiger partial charge in [0.2, 0.25) is 0 Å². The normalized spacial score (nSPS) is 14.2. The number of hydrogen-bond donors (Lipinski definition) is 1. The van der Waals surface area contributed by atoms with E-state index in [0.29, 0.717) is 30.0 Å². The Labute approximate surface area is 119 Å². The van der Waals surface area contributed by atoms with Gasteiger partial charge in [0, 0.05) is 6.54 Å². The molecule has 1 N–H and O–H groups in total. The van der Waals surface area contributed by atoms with Crippen molar-refractivity contribution >= 4 is 17.4 Å². The lowest BCUT2D eigenvalue weighted by molar-refractivity contribution is 0.318. The van der Waals surface area contributed by atoms with E-state index in [1.807, 2.05) is 6.92 Å². The molecule has 1 aromatic carbocycles. The Hall–Kier alpha value is -2.08. The van der Waals surface area contributed by atoms with Crippen molar-refractivity contribution < 1.29 is 9.84 Å². The minimum atomic E-state index is -0.00251. The Morgan fingerprint density at radius 3 is 3.15 bits per heavy atom. The third-order valence-electron chi connectivity index (χ3n) is 3.04. The molecular weight excluding hydrogens is 276 g/mol. The molecule has 0 fully saturated rings. The molecule has 6 heteroatoms. The van der Waals surface area contributed by atoms with Gasteiger partial charge >= 0.3 is 0 Å². The van der Waals surface area contributed by atoms with E-state index < -0.39 is 0 Å². The lowest BCUT2D eigenvalue weighted by Gasteiger charge is -2.05. The number of aromatic nitrogens is 1. The summed E-state index contributed by atoms with van der Waals surface area (Å²) in [7, 11) is 0. The number of hydrogen-bond acceptors (Lipinski definition) is 5. The van der Waals surface area contributed by atoms with Gasteiger partial charge in [-0.1, -0.05) is 17.4 Å². The van der Waals surface area contributed by atoms with Crippen LogP contribution in [0.5, 0.6) is 11.5 Å². The number of benzene rings is 1. The van der Waals surface area contributed by atoms with Crippen LogP contribution in [0.4, 0.5) is 0 Å². The van der Waals surface area contributed by atoms with Gasteiger partial charge < -0.3 is 9.84 Å². The fraction of sp³-hybridized carbons (Fsp3) is 0.286. The lowest BCUT2D eigenvalue weighted by atomic mass is 10.2. The molecule has 0 saturated carbocycles. The highest BCUT2D eigenvalue weighted by Gasteiger charge is 2.10. The number of ether oxygens (including phenoxy) is 1. The van der Waals surface area contributed by atoms with E-state index >= 15 is 0 Å². The van der Waals surface area contributed by atoms with Crippen molar-refractivity contribution in [3.63, 3.8) is 0 Å². The molecule has 0 radical (unpaired) electrons. The van der Waals surface area contributed by atoms with Gasteiger partial charge in [0.25, 0.3) is 5.56 Å². The zero-order chi connectivity index (χ0) is 14.1. The fourth-order valence-electron chi connectivity index (χ4n) is 2.11. The van der Waals surface area contributed by atoms with Crippen molar-refractivity contribution in [3.8, 4) is 11.5 Å². The smallest absolute Gasteiger partial charge is 0.270 e. The molecule has 0 amide bonds. The van der Waals surface area contributed by atoms with E-state index in [9.17, 15) is 9.90 Å². The monoisotopic (exact) mass is 290 g/mol. The molecule has 1 aliphatic heterocycles. The van der Waals surface area contributed by atoms with Gasteiger partial charge in [-0.05, 0) is 30.7 Å². The number of aromatic hydroxyl groups is 1. The van der Waals surface area contributed by atoms with E-state index in [2.05, 4.69) is 4.99 Å². The second-order valence-corrected chi connectivity index (χ2v) is 5.40. The van der Waals surface area contributed by atoms with Crippen molar-refractivity contribution in [2.24, 2.45) is 4.99 Å². The SMILES string of the molecule is CCOc1cc(C=c2sc3n(c2=O)CCN=3)ccc1O. The molecular formula is C14H14N2O3S. The molecule has 3 rings (SSSR count). The van der Waals surface area contributed by atoms with E-state index in [0.717, 1.165) is 10.4 Å². The van der Waals surface area contributed by atoms with Gasteiger partial charge in [-0.15, -0.1) is 0 Å². The zero-order valence-electron chi connectivity index (χ0n) is 11.0. The second-order valence-electron chi connectivity index (χ2n) is 4.39. The van der Waals surface area contributed by atoms with Crippen LogP contribution in [0.2, 0.25) is 0 Å². The van der Waals surface area contributed by atoms with Crippen molar-refractivity contribution in [2.45, 2.75) is 13.5 Å². The van der Waals surface area contributed by atoms with E-state index in [1.54, 1.807) is 28.8 Å². The maximum Gasteiger partial charge on any atom is 0.270 e. The number of nitrogens with zero attached hydrogens (tertiary/aromatic N) is 2. The molecule has 0 unspecified atom stereocenters. The number of fused-ring (bicyclic) bond motifs is 1. The molecule has 0 bridgehead atoms. The lowest BCUT2D eigenvalue weighted by Crippen LogP contribution is -2.29. The summed E-state index contributed by atoms with van der Waals surface area (Å²) in [4.78, 5) is 17.2. The second kappa shape index (κ2) is 5.13. The summed E-state index contributed by atoms with van der Waals surface area (Å²) in [6.45, 7) is 3.69. The molecule has 0 saturated heterocycles. The molecule has 5 nitrogen and oxygen atoms in total. The van der Waals surface area contributed by atoms with Gasteiger partial charge in [0.1, 0.15) is 0 Å². The van der Waals surface area contributed by atoms with Crippen LogP contribution in [-0.4, -0.2) is 22.8 Å². The predicted octanol–water partition coefficient (Wildman–Crippen LogP) is 0.476. The maximum atomic E-state index is 12.1. The highest BCUT2D eigenvalue weighted by atomic mass is 32.1. The van der Waals surface area contributed by atoms with Crippen molar-refractivity contribution in [3.05, 3.63) is 43.5 Å². The van der Waals surface area contributed by atoms with Crippen LogP contribution in [0.15, 0.2) is 28.0 Å². The van der Waals surface area contributed by atoms with Crippen LogP contribution in [0.1, 0.15) is 12.5 Å². The van der Waals surface area contributed by atoms with Crippen molar-refractivity contribution in [1.82, 2.24) is 4.57 Å². The third kappa shape index (κ3) is 2.22. The highest BCUT2D eigenvalue weighted by Crippen LogP contribution is 2.26. The van der Waals surface area contributed by atoms with E-state index in [-0.39, 0.29) is 11.3 Å². The van der Waals surface area contributed by atoms with Crippen LogP contribution in [-0.2, 0) is 6.54 Å². The number of phenols is 1. The Kier molecular flexibility index (Phi) is 3.31. The average Bonchev–Trinajstić information content (AvgIpc) is 2.99. The summed E-state index contributed by atoms with van der Waals surface area (Å²) < 4.78 is 7.68. The van der Waals surface area contributed by atoms with Gasteiger partial charge in [-0.3, -0.25) is 14.4 Å². The highest BCUT2D eigenvalue weighted by molar-refractivity contribution is 7.07. The summed E-state index contributed by atoms with van der Waals surface area (Å²) in [5, 5.41) is 9.67. The van der Waals surface area contributed by atoms with Gasteiger partial charge in [0.05, 0.1) is 17.7 Å². The first-order chi connectivity index (χ1) is 9.69. The van der Waals surface area contributed by atoms with Gasteiger partial charge in [0.15, 0.2) is 16.3 Å².